The van der Waals surface area contributed by atoms with E-state index in [-0.39, 0.29) is 0 Å². The molecule has 2 N–H and O–H groups in total. The Hall–Kier alpha value is -2.13. The maximum atomic E-state index is 6.67. The molecule has 1 aromatic carbocycles. The fourth-order valence-corrected chi connectivity index (χ4v) is 3.51. The Labute approximate surface area is 126 Å². The van der Waals surface area contributed by atoms with Gasteiger partial charge in [-0.2, -0.15) is 0 Å². The summed E-state index contributed by atoms with van der Waals surface area (Å²) >= 11 is 0. The normalized spacial score (nSPS) is 20.7. The van der Waals surface area contributed by atoms with Crippen molar-refractivity contribution in [3.05, 3.63) is 60.2 Å². The first kappa shape index (κ1) is 13.8. The molecule has 3 rings (SSSR count). The highest BCUT2D eigenvalue weighted by molar-refractivity contribution is 5.88. The Balaban J connectivity index is 2.32. The standard InChI is InChI=1S/C18H22N3/c1-3-13-21(14-9-11-20-12-10-14)17-8-6-5-7-16(17)15(4-2)18(21)19/h5-12H,3-4,13,19H2,1-2H3/q+1. The van der Waals surface area contributed by atoms with E-state index in [2.05, 4.69) is 55.2 Å². The van der Waals surface area contributed by atoms with E-state index >= 15 is 0 Å². The van der Waals surface area contributed by atoms with E-state index in [0.717, 1.165) is 25.2 Å². The van der Waals surface area contributed by atoms with Crippen molar-refractivity contribution in [3.8, 4) is 0 Å². The average molecular weight is 280 g/mol. The zero-order valence-corrected chi connectivity index (χ0v) is 12.7. The van der Waals surface area contributed by atoms with Gasteiger partial charge in [-0.1, -0.05) is 26.0 Å². The smallest absolute Gasteiger partial charge is 0.213 e. The second-order valence-corrected chi connectivity index (χ2v) is 5.47. The number of quaternary nitrogens is 1. The van der Waals surface area contributed by atoms with E-state index in [1.54, 1.807) is 0 Å². The van der Waals surface area contributed by atoms with Gasteiger partial charge in [-0.15, -0.1) is 0 Å². The summed E-state index contributed by atoms with van der Waals surface area (Å²) < 4.78 is 0.637. The third-order valence-corrected chi connectivity index (χ3v) is 4.38. The fourth-order valence-electron chi connectivity index (χ4n) is 3.51. The van der Waals surface area contributed by atoms with Crippen LogP contribution in [0.25, 0.3) is 5.57 Å². The van der Waals surface area contributed by atoms with Gasteiger partial charge in [0.05, 0.1) is 6.54 Å². The third kappa shape index (κ3) is 1.88. The Morgan fingerprint density at radius 3 is 2.43 bits per heavy atom. The molecule has 1 aromatic heterocycles. The second kappa shape index (κ2) is 5.34. The van der Waals surface area contributed by atoms with Gasteiger partial charge in [0.1, 0.15) is 5.69 Å². The molecule has 0 amide bonds. The van der Waals surface area contributed by atoms with Gasteiger partial charge in [0.25, 0.3) is 0 Å². The number of aromatic nitrogens is 1. The van der Waals surface area contributed by atoms with E-state index in [4.69, 9.17) is 5.73 Å². The van der Waals surface area contributed by atoms with Crippen molar-refractivity contribution in [3.63, 3.8) is 0 Å². The molecule has 0 bridgehead atoms. The van der Waals surface area contributed by atoms with Crippen LogP contribution in [-0.4, -0.2) is 11.5 Å². The Morgan fingerprint density at radius 1 is 1.05 bits per heavy atom. The lowest BCUT2D eigenvalue weighted by Crippen LogP contribution is -2.45. The number of nitrogens with zero attached hydrogens (tertiary/aromatic N) is 2. The van der Waals surface area contributed by atoms with Gasteiger partial charge < -0.3 is 5.73 Å². The minimum atomic E-state index is 0.637. The SMILES string of the molecule is CCC[N+]1(c2ccncc2)C(N)=C(CC)c2ccccc21. The van der Waals surface area contributed by atoms with E-state index < -0.39 is 0 Å². The lowest BCUT2D eigenvalue weighted by atomic mass is 10.0. The molecule has 1 unspecified atom stereocenters. The molecule has 1 atom stereocenters. The molecule has 2 aromatic rings. The summed E-state index contributed by atoms with van der Waals surface area (Å²) in [5.74, 6) is 0.965. The van der Waals surface area contributed by atoms with Crippen LogP contribution in [0, 0.1) is 0 Å². The quantitative estimate of drug-likeness (QED) is 0.853. The second-order valence-electron chi connectivity index (χ2n) is 5.47. The summed E-state index contributed by atoms with van der Waals surface area (Å²) in [6, 6.07) is 12.8. The zero-order valence-electron chi connectivity index (χ0n) is 12.7. The van der Waals surface area contributed by atoms with Crippen LogP contribution in [0.1, 0.15) is 32.3 Å². The molecular weight excluding hydrogens is 258 g/mol. The molecule has 2 heterocycles. The van der Waals surface area contributed by atoms with Crippen molar-refractivity contribution in [2.75, 3.05) is 6.54 Å². The van der Waals surface area contributed by atoms with Crippen molar-refractivity contribution in [1.29, 1.82) is 0 Å². The number of fused-ring (bicyclic) bond motifs is 1. The topological polar surface area (TPSA) is 38.9 Å². The van der Waals surface area contributed by atoms with Crippen LogP contribution in [0.4, 0.5) is 11.4 Å². The maximum absolute atomic E-state index is 6.67. The highest BCUT2D eigenvalue weighted by Crippen LogP contribution is 2.49. The highest BCUT2D eigenvalue weighted by Gasteiger charge is 2.45. The van der Waals surface area contributed by atoms with E-state index in [9.17, 15) is 0 Å². The molecule has 0 radical (unpaired) electrons. The zero-order chi connectivity index (χ0) is 14.9. The van der Waals surface area contributed by atoms with Crippen molar-refractivity contribution < 1.29 is 0 Å². The minimum absolute atomic E-state index is 0.637. The molecule has 3 heteroatoms. The summed E-state index contributed by atoms with van der Waals surface area (Å²) in [5, 5.41) is 0. The van der Waals surface area contributed by atoms with Crippen LogP contribution in [0.2, 0.25) is 0 Å². The van der Waals surface area contributed by atoms with Crippen LogP contribution in [0.5, 0.6) is 0 Å². The first-order valence-electron chi connectivity index (χ1n) is 7.63. The number of hydrogen-bond acceptors (Lipinski definition) is 2. The number of allylic oxidation sites excluding steroid dienone is 1. The molecule has 0 saturated carbocycles. The largest absolute Gasteiger partial charge is 0.354 e. The van der Waals surface area contributed by atoms with Gasteiger partial charge in [-0.3, -0.25) is 4.98 Å². The molecule has 1 aliphatic rings. The number of pyridine rings is 1. The number of rotatable bonds is 4. The Bertz CT molecular complexity index is 676. The fraction of sp³-hybridized carbons (Fsp3) is 0.278. The van der Waals surface area contributed by atoms with E-state index in [0.29, 0.717) is 4.48 Å². The van der Waals surface area contributed by atoms with Crippen molar-refractivity contribution >= 4 is 16.9 Å². The Morgan fingerprint density at radius 2 is 1.76 bits per heavy atom. The van der Waals surface area contributed by atoms with Gasteiger partial charge in [0.2, 0.25) is 5.82 Å². The minimum Gasteiger partial charge on any atom is -0.354 e. The summed E-state index contributed by atoms with van der Waals surface area (Å²) in [6.45, 7) is 5.36. The summed E-state index contributed by atoms with van der Waals surface area (Å²) in [6.07, 6.45) is 5.72. The number of nitrogens with two attached hydrogens (primary N) is 1. The maximum Gasteiger partial charge on any atom is 0.213 e. The van der Waals surface area contributed by atoms with Crippen molar-refractivity contribution in [1.82, 2.24) is 9.47 Å². The summed E-state index contributed by atoms with van der Waals surface area (Å²) in [4.78, 5) is 4.16. The summed E-state index contributed by atoms with van der Waals surface area (Å²) in [5.41, 5.74) is 11.7. The first-order valence-corrected chi connectivity index (χ1v) is 7.63. The van der Waals surface area contributed by atoms with Gasteiger partial charge in [0.15, 0.2) is 5.69 Å². The summed E-state index contributed by atoms with van der Waals surface area (Å²) in [7, 11) is 0. The van der Waals surface area contributed by atoms with Gasteiger partial charge in [0, 0.05) is 41.7 Å². The molecule has 108 valence electrons. The van der Waals surface area contributed by atoms with Crippen molar-refractivity contribution in [2.45, 2.75) is 26.7 Å². The number of benzene rings is 1. The van der Waals surface area contributed by atoms with Crippen molar-refractivity contribution in [2.24, 2.45) is 5.73 Å². The molecule has 3 nitrogen and oxygen atoms in total. The van der Waals surface area contributed by atoms with Crippen LogP contribution in [0.3, 0.4) is 0 Å². The lowest BCUT2D eigenvalue weighted by molar-refractivity contribution is 0.465. The molecule has 21 heavy (non-hydrogen) atoms. The van der Waals surface area contributed by atoms with Crippen LogP contribution in [-0.2, 0) is 0 Å². The van der Waals surface area contributed by atoms with Gasteiger partial charge in [-0.25, -0.2) is 4.48 Å². The van der Waals surface area contributed by atoms with E-state index in [1.165, 1.54) is 22.5 Å². The Kier molecular flexibility index (Phi) is 3.52. The van der Waals surface area contributed by atoms with Crippen LogP contribution < -0.4 is 10.2 Å². The third-order valence-electron chi connectivity index (χ3n) is 4.38. The molecule has 1 aliphatic heterocycles. The highest BCUT2D eigenvalue weighted by atomic mass is 15.4. The number of para-hydroxylation sites is 1. The average Bonchev–Trinajstić information content (AvgIpc) is 2.78. The first-order chi connectivity index (χ1) is 10.3. The number of hydrogen-bond donors (Lipinski definition) is 1. The monoisotopic (exact) mass is 280 g/mol. The van der Waals surface area contributed by atoms with Gasteiger partial charge in [-0.05, 0) is 18.9 Å². The molecule has 0 saturated heterocycles. The van der Waals surface area contributed by atoms with Crippen LogP contribution >= 0.6 is 0 Å². The van der Waals surface area contributed by atoms with Gasteiger partial charge >= 0.3 is 0 Å². The molecular formula is C18H22N3+. The molecule has 0 spiro atoms. The predicted molar refractivity (Wildman–Crippen MR) is 88.7 cm³/mol. The van der Waals surface area contributed by atoms with Crippen LogP contribution in [0.15, 0.2) is 54.6 Å². The molecule has 0 aliphatic carbocycles. The molecule has 0 fully saturated rings. The predicted octanol–water partition coefficient (Wildman–Crippen LogP) is 4.18. The lowest BCUT2D eigenvalue weighted by Gasteiger charge is -2.34. The van der Waals surface area contributed by atoms with E-state index in [1.807, 2.05) is 12.4 Å².